The van der Waals surface area contributed by atoms with Gasteiger partial charge in [0.25, 0.3) is 0 Å². The third-order valence-corrected chi connectivity index (χ3v) is 5.80. The predicted octanol–water partition coefficient (Wildman–Crippen LogP) is 2.56. The molecule has 3 rings (SSSR count). The largest absolute Gasteiger partial charge is 0.481 e. The lowest BCUT2D eigenvalue weighted by molar-refractivity contribution is -0.196. The Kier molecular flexibility index (Phi) is 8.08. The molecule has 1 saturated carbocycles. The van der Waals surface area contributed by atoms with Gasteiger partial charge in [0.05, 0.1) is 18.6 Å². The molecule has 2 aliphatic rings. The summed E-state index contributed by atoms with van der Waals surface area (Å²) in [6, 6.07) is 9.45. The average Bonchev–Trinajstić information content (AvgIpc) is 3.00. The maximum absolute atomic E-state index is 11.3. The Morgan fingerprint density at radius 3 is 2.72 bits per heavy atom. The van der Waals surface area contributed by atoms with Crippen molar-refractivity contribution in [2.75, 3.05) is 6.61 Å². The van der Waals surface area contributed by atoms with Gasteiger partial charge in [-0.05, 0) is 50.2 Å². The molecule has 6 heteroatoms. The van der Waals surface area contributed by atoms with Crippen LogP contribution in [0.25, 0.3) is 0 Å². The van der Waals surface area contributed by atoms with Crippen molar-refractivity contribution in [3.8, 4) is 11.8 Å². The third kappa shape index (κ3) is 6.55. The average molecular weight is 402 g/mol. The maximum atomic E-state index is 11.3. The van der Waals surface area contributed by atoms with Crippen molar-refractivity contribution in [2.24, 2.45) is 11.8 Å². The van der Waals surface area contributed by atoms with E-state index in [1.807, 2.05) is 30.3 Å². The van der Waals surface area contributed by atoms with Gasteiger partial charge in [-0.25, -0.2) is 0 Å². The van der Waals surface area contributed by atoms with Gasteiger partial charge in [-0.1, -0.05) is 30.0 Å². The van der Waals surface area contributed by atoms with E-state index in [2.05, 4.69) is 11.8 Å². The molecule has 0 aromatic heterocycles. The minimum absolute atomic E-state index is 0.108. The van der Waals surface area contributed by atoms with E-state index in [0.29, 0.717) is 25.9 Å². The molecule has 2 unspecified atom stereocenters. The molecule has 0 bridgehead atoms. The first kappa shape index (κ1) is 21.8. The Hall–Kier alpha value is -1.91. The van der Waals surface area contributed by atoms with Crippen molar-refractivity contribution < 1.29 is 29.6 Å². The van der Waals surface area contributed by atoms with Gasteiger partial charge in [-0.2, -0.15) is 0 Å². The van der Waals surface area contributed by atoms with Crippen molar-refractivity contribution in [2.45, 2.75) is 69.5 Å². The number of aliphatic hydroxyl groups is 2. The van der Waals surface area contributed by atoms with Gasteiger partial charge >= 0.3 is 5.97 Å². The zero-order valence-electron chi connectivity index (χ0n) is 16.6. The number of carbonyl (C=O) groups is 1. The number of aliphatic hydroxyl groups excluding tert-OH is 2. The molecule has 2 fully saturated rings. The number of aliphatic carboxylic acids is 1. The highest BCUT2D eigenvalue weighted by Crippen LogP contribution is 2.41. The Morgan fingerprint density at radius 1 is 1.24 bits per heavy atom. The lowest BCUT2D eigenvalue weighted by Crippen LogP contribution is -2.32. The van der Waals surface area contributed by atoms with Crippen LogP contribution in [-0.2, 0) is 14.3 Å². The van der Waals surface area contributed by atoms with Crippen molar-refractivity contribution >= 4 is 5.97 Å². The second kappa shape index (κ2) is 10.7. The number of rotatable bonds is 7. The number of carboxylic acids is 1. The molecular weight excluding hydrogens is 372 g/mol. The summed E-state index contributed by atoms with van der Waals surface area (Å²) in [6.07, 6.45) is 1.99. The molecule has 6 atom stereocenters. The zero-order valence-corrected chi connectivity index (χ0v) is 16.6. The van der Waals surface area contributed by atoms with Crippen LogP contribution in [0.15, 0.2) is 30.3 Å². The van der Waals surface area contributed by atoms with Gasteiger partial charge in [-0.15, -0.1) is 0 Å². The SMILES string of the molecule is O=C(O)C[C@H]1[C@H](CCC(O)C#Cc2ccccc2)[C@@H](OC2CCCCO2)C[C@H]1O. The summed E-state index contributed by atoms with van der Waals surface area (Å²) in [5.74, 6) is 4.32. The van der Waals surface area contributed by atoms with Crippen LogP contribution in [0.3, 0.4) is 0 Å². The molecule has 0 amide bonds. The molecule has 0 radical (unpaired) electrons. The maximum Gasteiger partial charge on any atom is 0.303 e. The Labute approximate surface area is 171 Å². The molecule has 1 aromatic carbocycles. The number of carboxylic acid groups (broad SMARTS) is 1. The fourth-order valence-electron chi connectivity index (χ4n) is 4.32. The van der Waals surface area contributed by atoms with E-state index >= 15 is 0 Å². The molecule has 1 saturated heterocycles. The third-order valence-electron chi connectivity index (χ3n) is 5.80. The van der Waals surface area contributed by atoms with Crippen LogP contribution in [0, 0.1) is 23.7 Å². The Morgan fingerprint density at radius 2 is 2.03 bits per heavy atom. The normalized spacial score (nSPS) is 30.3. The zero-order chi connectivity index (χ0) is 20.6. The van der Waals surface area contributed by atoms with Crippen LogP contribution in [-0.4, -0.2) is 52.5 Å². The number of benzene rings is 1. The summed E-state index contributed by atoms with van der Waals surface area (Å²) in [5.41, 5.74) is 0.835. The minimum Gasteiger partial charge on any atom is -0.481 e. The first-order valence-corrected chi connectivity index (χ1v) is 10.4. The lowest BCUT2D eigenvalue weighted by atomic mass is 9.86. The summed E-state index contributed by atoms with van der Waals surface area (Å²) < 4.78 is 11.8. The molecule has 1 aromatic rings. The summed E-state index contributed by atoms with van der Waals surface area (Å²) in [7, 11) is 0. The summed E-state index contributed by atoms with van der Waals surface area (Å²) >= 11 is 0. The van der Waals surface area contributed by atoms with E-state index < -0.39 is 24.1 Å². The van der Waals surface area contributed by atoms with Crippen LogP contribution < -0.4 is 0 Å². The summed E-state index contributed by atoms with van der Waals surface area (Å²) in [4.78, 5) is 11.3. The standard InChI is InChI=1S/C23H30O6/c24-17(10-9-16-6-2-1-3-7-16)11-12-18-19(14-22(26)27)20(25)15-21(18)29-23-8-4-5-13-28-23/h1-3,6-7,17-21,23-25H,4-5,8,11-15H2,(H,26,27)/t17?,18-,19-,20+,21-,23?/m0/s1. The minimum atomic E-state index is -0.932. The van der Waals surface area contributed by atoms with Crippen LogP contribution in [0.5, 0.6) is 0 Å². The molecule has 3 N–H and O–H groups in total. The van der Waals surface area contributed by atoms with E-state index in [1.165, 1.54) is 0 Å². The van der Waals surface area contributed by atoms with Gasteiger partial charge in [0.1, 0.15) is 6.10 Å². The second-order valence-electron chi connectivity index (χ2n) is 7.93. The van der Waals surface area contributed by atoms with Gasteiger partial charge in [0.2, 0.25) is 0 Å². The molecule has 0 spiro atoms. The molecule has 1 aliphatic heterocycles. The smallest absolute Gasteiger partial charge is 0.303 e. The van der Waals surface area contributed by atoms with Crippen molar-refractivity contribution in [1.29, 1.82) is 0 Å². The summed E-state index contributed by atoms with van der Waals surface area (Å²) in [5, 5.41) is 30.0. The molecule has 158 valence electrons. The Balaban J connectivity index is 1.62. The van der Waals surface area contributed by atoms with Gasteiger partial charge in [-0.3, -0.25) is 4.79 Å². The van der Waals surface area contributed by atoms with E-state index in [-0.39, 0.29) is 24.7 Å². The fraction of sp³-hybridized carbons (Fsp3) is 0.609. The van der Waals surface area contributed by atoms with Crippen LogP contribution in [0.2, 0.25) is 0 Å². The van der Waals surface area contributed by atoms with Gasteiger partial charge in [0.15, 0.2) is 6.29 Å². The van der Waals surface area contributed by atoms with E-state index in [9.17, 15) is 20.1 Å². The summed E-state index contributed by atoms with van der Waals surface area (Å²) in [6.45, 7) is 0.664. The van der Waals surface area contributed by atoms with Gasteiger partial charge < -0.3 is 24.8 Å². The predicted molar refractivity (Wildman–Crippen MR) is 107 cm³/mol. The first-order valence-electron chi connectivity index (χ1n) is 10.4. The topological polar surface area (TPSA) is 96.2 Å². The van der Waals surface area contributed by atoms with Crippen molar-refractivity contribution in [3.05, 3.63) is 35.9 Å². The number of hydrogen-bond acceptors (Lipinski definition) is 5. The van der Waals surface area contributed by atoms with Crippen LogP contribution in [0.4, 0.5) is 0 Å². The highest BCUT2D eigenvalue weighted by molar-refractivity contribution is 5.67. The molecular formula is C23H30O6. The van der Waals surface area contributed by atoms with E-state index in [4.69, 9.17) is 9.47 Å². The molecule has 1 aliphatic carbocycles. The highest BCUT2D eigenvalue weighted by atomic mass is 16.7. The Bertz CT molecular complexity index is 703. The van der Waals surface area contributed by atoms with Crippen LogP contribution in [0.1, 0.15) is 50.5 Å². The van der Waals surface area contributed by atoms with Gasteiger partial charge in [0, 0.05) is 24.5 Å². The number of ether oxygens (including phenoxy) is 2. The van der Waals surface area contributed by atoms with E-state index in [0.717, 1.165) is 24.8 Å². The fourth-order valence-corrected chi connectivity index (χ4v) is 4.32. The van der Waals surface area contributed by atoms with Crippen molar-refractivity contribution in [1.82, 2.24) is 0 Å². The molecule has 29 heavy (non-hydrogen) atoms. The molecule has 6 nitrogen and oxygen atoms in total. The lowest BCUT2D eigenvalue weighted by Gasteiger charge is -2.30. The highest BCUT2D eigenvalue weighted by Gasteiger charge is 2.44. The van der Waals surface area contributed by atoms with E-state index in [1.54, 1.807) is 0 Å². The quantitative estimate of drug-likeness (QED) is 0.607. The first-order chi connectivity index (χ1) is 14.0. The second-order valence-corrected chi connectivity index (χ2v) is 7.93. The van der Waals surface area contributed by atoms with Crippen molar-refractivity contribution in [3.63, 3.8) is 0 Å². The number of hydrogen-bond donors (Lipinski definition) is 3. The van der Waals surface area contributed by atoms with Crippen LogP contribution >= 0.6 is 0 Å². The monoisotopic (exact) mass is 402 g/mol. The molecule has 1 heterocycles.